The molecule has 0 unspecified atom stereocenters. The number of aromatic nitrogens is 2. The average molecular weight is 461 g/mol. The van der Waals surface area contributed by atoms with Crippen LogP contribution in [0.4, 0.5) is 0 Å². The number of thiazole rings is 1. The zero-order valence-corrected chi connectivity index (χ0v) is 19.2. The fraction of sp³-hybridized carbons (Fsp3) is 0.286. The molecule has 0 saturated heterocycles. The number of rotatable bonds is 9. The van der Waals surface area contributed by atoms with Crippen LogP contribution in [0.5, 0.6) is 5.75 Å². The van der Waals surface area contributed by atoms with Crippen molar-refractivity contribution in [3.8, 4) is 17.0 Å². The monoisotopic (exact) mass is 460 g/mol. The Morgan fingerprint density at radius 3 is 2.52 bits per heavy atom. The van der Waals surface area contributed by atoms with Gasteiger partial charge in [-0.05, 0) is 30.3 Å². The van der Waals surface area contributed by atoms with Crippen LogP contribution in [0.3, 0.4) is 0 Å². The van der Waals surface area contributed by atoms with Crippen molar-refractivity contribution < 1.29 is 17.9 Å². The van der Waals surface area contributed by atoms with Crippen molar-refractivity contribution in [2.24, 2.45) is 0 Å². The normalized spacial score (nSPS) is 11.5. The van der Waals surface area contributed by atoms with E-state index in [1.807, 2.05) is 17.5 Å². The van der Waals surface area contributed by atoms with Crippen LogP contribution in [-0.4, -0.2) is 48.8 Å². The van der Waals surface area contributed by atoms with E-state index < -0.39 is 10.0 Å². The van der Waals surface area contributed by atoms with Gasteiger partial charge in [0.15, 0.2) is 0 Å². The van der Waals surface area contributed by atoms with Crippen molar-refractivity contribution >= 4 is 27.3 Å². The summed E-state index contributed by atoms with van der Waals surface area (Å²) >= 11 is 1.44. The molecule has 1 N–H and O–H groups in total. The van der Waals surface area contributed by atoms with Gasteiger partial charge in [-0.2, -0.15) is 4.31 Å². The summed E-state index contributed by atoms with van der Waals surface area (Å²) < 4.78 is 32.5. The first kappa shape index (κ1) is 22.9. The van der Waals surface area contributed by atoms with E-state index in [9.17, 15) is 13.2 Å². The van der Waals surface area contributed by atoms with Gasteiger partial charge in [0.2, 0.25) is 10.0 Å². The van der Waals surface area contributed by atoms with Crippen LogP contribution in [0.25, 0.3) is 11.3 Å². The van der Waals surface area contributed by atoms with Crippen molar-refractivity contribution in [1.29, 1.82) is 0 Å². The smallest absolute Gasteiger partial charge is 0.251 e. The first-order valence-corrected chi connectivity index (χ1v) is 12.0. The molecular formula is C21H24N4O4S2. The van der Waals surface area contributed by atoms with Gasteiger partial charge in [-0.15, -0.1) is 11.3 Å². The second kappa shape index (κ2) is 9.99. The lowest BCUT2D eigenvalue weighted by Crippen LogP contribution is -2.31. The molecule has 10 heteroatoms. The van der Waals surface area contributed by atoms with Crippen LogP contribution in [-0.2, 0) is 16.6 Å². The molecule has 3 aromatic rings. The first-order chi connectivity index (χ1) is 14.9. The van der Waals surface area contributed by atoms with Crippen molar-refractivity contribution in [2.45, 2.75) is 25.3 Å². The Balaban J connectivity index is 1.77. The molecule has 0 bridgehead atoms. The van der Waals surface area contributed by atoms with Gasteiger partial charge in [0, 0.05) is 42.0 Å². The number of methoxy groups -OCH3 is 1. The van der Waals surface area contributed by atoms with Crippen LogP contribution < -0.4 is 10.1 Å². The summed E-state index contributed by atoms with van der Waals surface area (Å²) in [6.07, 6.45) is 3.40. The third kappa shape index (κ3) is 5.09. The Hall–Kier alpha value is -2.82. The molecular weight excluding hydrogens is 436 g/mol. The van der Waals surface area contributed by atoms with E-state index in [0.29, 0.717) is 13.1 Å². The first-order valence-electron chi connectivity index (χ1n) is 9.71. The second-order valence-electron chi connectivity index (χ2n) is 6.50. The topological polar surface area (TPSA) is 101 Å². The molecule has 31 heavy (non-hydrogen) atoms. The number of hydrogen-bond acceptors (Lipinski definition) is 7. The van der Waals surface area contributed by atoms with Crippen molar-refractivity contribution in [2.75, 3.05) is 20.2 Å². The summed E-state index contributed by atoms with van der Waals surface area (Å²) in [4.78, 5) is 21.2. The molecule has 0 fully saturated rings. The number of carbonyl (C=O) groups is 1. The number of sulfonamides is 1. The Morgan fingerprint density at radius 2 is 1.87 bits per heavy atom. The maximum atomic E-state index is 13.0. The summed E-state index contributed by atoms with van der Waals surface area (Å²) in [5.41, 5.74) is 2.00. The quantitative estimate of drug-likeness (QED) is 0.526. The number of carbonyl (C=O) groups excluding carboxylic acids is 1. The Kier molecular flexibility index (Phi) is 7.37. The van der Waals surface area contributed by atoms with Crippen LogP contribution in [0.1, 0.15) is 29.2 Å². The zero-order valence-electron chi connectivity index (χ0n) is 17.5. The molecule has 0 spiro atoms. The molecule has 2 heterocycles. The van der Waals surface area contributed by atoms with Gasteiger partial charge in [0.1, 0.15) is 15.7 Å². The SMILES string of the molecule is CCN(CC)S(=O)(=O)c1cc(C(=O)NCc2nc(-c3ccncc3)cs2)ccc1OC. The van der Waals surface area contributed by atoms with E-state index in [1.54, 1.807) is 32.3 Å². The molecule has 0 aliphatic heterocycles. The molecule has 0 radical (unpaired) electrons. The fourth-order valence-corrected chi connectivity index (χ4v) is 5.41. The maximum Gasteiger partial charge on any atom is 0.251 e. The van der Waals surface area contributed by atoms with Gasteiger partial charge in [-0.3, -0.25) is 9.78 Å². The zero-order chi connectivity index (χ0) is 22.4. The summed E-state index contributed by atoms with van der Waals surface area (Å²) in [7, 11) is -2.38. The van der Waals surface area contributed by atoms with E-state index >= 15 is 0 Å². The minimum atomic E-state index is -3.78. The lowest BCUT2D eigenvalue weighted by molar-refractivity contribution is 0.0950. The summed E-state index contributed by atoms with van der Waals surface area (Å²) in [6, 6.07) is 8.13. The molecule has 2 aromatic heterocycles. The highest BCUT2D eigenvalue weighted by Gasteiger charge is 2.26. The van der Waals surface area contributed by atoms with Gasteiger partial charge in [-0.1, -0.05) is 13.8 Å². The van der Waals surface area contributed by atoms with E-state index in [1.165, 1.54) is 34.9 Å². The van der Waals surface area contributed by atoms with E-state index in [-0.39, 0.29) is 28.7 Å². The number of ether oxygens (including phenoxy) is 1. The maximum absolute atomic E-state index is 13.0. The van der Waals surface area contributed by atoms with Crippen LogP contribution in [0.15, 0.2) is 53.0 Å². The second-order valence-corrected chi connectivity index (χ2v) is 9.35. The highest BCUT2D eigenvalue weighted by Crippen LogP contribution is 2.28. The van der Waals surface area contributed by atoms with Gasteiger partial charge in [-0.25, -0.2) is 13.4 Å². The lowest BCUT2D eigenvalue weighted by atomic mass is 10.2. The number of pyridine rings is 1. The molecule has 0 saturated carbocycles. The predicted molar refractivity (Wildman–Crippen MR) is 120 cm³/mol. The standard InChI is InChI=1S/C21H24N4O4S2/c1-4-25(5-2)31(27,28)19-12-16(6-7-18(19)29-3)21(26)23-13-20-24-17(14-30-20)15-8-10-22-11-9-15/h6-12,14H,4-5,13H2,1-3H3,(H,23,26). The minimum Gasteiger partial charge on any atom is -0.495 e. The number of amides is 1. The Labute approximate surface area is 186 Å². The van der Waals surface area contributed by atoms with Crippen LogP contribution >= 0.6 is 11.3 Å². The summed E-state index contributed by atoms with van der Waals surface area (Å²) in [5, 5.41) is 5.46. The summed E-state index contributed by atoms with van der Waals surface area (Å²) in [6.45, 7) is 4.40. The van der Waals surface area contributed by atoms with E-state index in [0.717, 1.165) is 16.3 Å². The molecule has 0 aliphatic rings. The van der Waals surface area contributed by atoms with Gasteiger partial charge in [0.25, 0.3) is 5.91 Å². The van der Waals surface area contributed by atoms with Crippen LogP contribution in [0.2, 0.25) is 0 Å². The molecule has 8 nitrogen and oxygen atoms in total. The van der Waals surface area contributed by atoms with E-state index in [2.05, 4.69) is 15.3 Å². The molecule has 1 amide bonds. The number of nitrogens with one attached hydrogen (secondary N) is 1. The van der Waals surface area contributed by atoms with Gasteiger partial charge in [0.05, 0.1) is 19.3 Å². The number of hydrogen-bond donors (Lipinski definition) is 1. The van der Waals surface area contributed by atoms with E-state index in [4.69, 9.17) is 4.74 Å². The summed E-state index contributed by atoms with van der Waals surface area (Å²) in [5.74, 6) is -0.190. The fourth-order valence-electron chi connectivity index (χ4n) is 3.03. The average Bonchev–Trinajstić information content (AvgIpc) is 3.27. The highest BCUT2D eigenvalue weighted by molar-refractivity contribution is 7.89. The third-order valence-corrected chi connectivity index (χ3v) is 7.60. The lowest BCUT2D eigenvalue weighted by Gasteiger charge is -2.20. The highest BCUT2D eigenvalue weighted by atomic mass is 32.2. The van der Waals surface area contributed by atoms with Crippen molar-refractivity contribution in [3.63, 3.8) is 0 Å². The molecule has 164 valence electrons. The molecule has 0 aliphatic carbocycles. The van der Waals surface area contributed by atoms with Crippen molar-refractivity contribution in [1.82, 2.24) is 19.6 Å². The Bertz CT molecular complexity index is 1140. The predicted octanol–water partition coefficient (Wildman–Crippen LogP) is 3.17. The molecule has 1 aromatic carbocycles. The Morgan fingerprint density at radius 1 is 1.16 bits per heavy atom. The largest absolute Gasteiger partial charge is 0.495 e. The number of nitrogens with zero attached hydrogens (tertiary/aromatic N) is 3. The molecule has 3 rings (SSSR count). The van der Waals surface area contributed by atoms with Gasteiger partial charge < -0.3 is 10.1 Å². The number of benzene rings is 1. The van der Waals surface area contributed by atoms with Crippen LogP contribution in [0, 0.1) is 0 Å². The van der Waals surface area contributed by atoms with Gasteiger partial charge >= 0.3 is 0 Å². The third-order valence-electron chi connectivity index (χ3n) is 4.68. The molecule has 0 atom stereocenters. The minimum absolute atomic E-state index is 0.0272. The van der Waals surface area contributed by atoms with Crippen molar-refractivity contribution in [3.05, 3.63) is 58.7 Å².